The van der Waals surface area contributed by atoms with E-state index in [0.29, 0.717) is 5.58 Å². The van der Waals surface area contributed by atoms with Crippen LogP contribution in [-0.4, -0.2) is 28.6 Å². The normalized spacial score (nSPS) is 25.6. The number of carboxylic acids is 1. The van der Waals surface area contributed by atoms with Crippen LogP contribution in [0.15, 0.2) is 28.7 Å². The fraction of sp³-hybridized carbons (Fsp3) is 0.438. The molecule has 1 saturated heterocycles. The molecule has 1 saturated carbocycles. The highest BCUT2D eigenvalue weighted by atomic mass is 16.4. The lowest BCUT2D eigenvalue weighted by molar-refractivity contribution is 0.0665. The van der Waals surface area contributed by atoms with Gasteiger partial charge in [0.15, 0.2) is 0 Å². The van der Waals surface area contributed by atoms with Crippen molar-refractivity contribution in [3.63, 3.8) is 0 Å². The molecule has 1 N–H and O–H groups in total. The molecule has 2 unspecified atom stereocenters. The molecule has 0 amide bonds. The van der Waals surface area contributed by atoms with E-state index in [1.807, 2.05) is 12.1 Å². The summed E-state index contributed by atoms with van der Waals surface area (Å²) in [7, 11) is 0. The van der Waals surface area contributed by atoms with Crippen LogP contribution in [0.2, 0.25) is 0 Å². The maximum absolute atomic E-state index is 10.9. The van der Waals surface area contributed by atoms with Crippen LogP contribution in [0, 0.1) is 5.92 Å². The Morgan fingerprint density at radius 3 is 2.95 bits per heavy atom. The summed E-state index contributed by atoms with van der Waals surface area (Å²) < 4.78 is 5.29. The minimum absolute atomic E-state index is 0.0115. The molecule has 20 heavy (non-hydrogen) atoms. The Labute approximate surface area is 117 Å². The van der Waals surface area contributed by atoms with Crippen LogP contribution in [0.5, 0.6) is 0 Å². The van der Waals surface area contributed by atoms with Gasteiger partial charge in [0.25, 0.3) is 0 Å². The summed E-state index contributed by atoms with van der Waals surface area (Å²) in [5, 5.41) is 9.83. The van der Waals surface area contributed by atoms with E-state index in [1.54, 1.807) is 6.07 Å². The van der Waals surface area contributed by atoms with Crippen LogP contribution >= 0.6 is 0 Å². The zero-order valence-electron chi connectivity index (χ0n) is 11.2. The number of carbonyl (C=O) groups is 1. The Hall–Kier alpha value is -1.81. The first kappa shape index (κ1) is 12.0. The van der Waals surface area contributed by atoms with E-state index in [9.17, 15) is 4.79 Å². The summed E-state index contributed by atoms with van der Waals surface area (Å²) >= 11 is 0. The smallest absolute Gasteiger partial charge is 0.371 e. The number of carboxylic acid groups (broad SMARTS) is 1. The zero-order chi connectivity index (χ0) is 13.7. The Bertz CT molecular complexity index is 675. The lowest BCUT2D eigenvalue weighted by atomic mass is 10.1. The predicted octanol–water partition coefficient (Wildman–Crippen LogP) is 3.12. The van der Waals surface area contributed by atoms with Gasteiger partial charge in [-0.2, -0.15) is 0 Å². The maximum atomic E-state index is 10.9. The van der Waals surface area contributed by atoms with Crippen LogP contribution in [-0.2, 0) is 6.54 Å². The minimum Gasteiger partial charge on any atom is -0.475 e. The van der Waals surface area contributed by atoms with Crippen LogP contribution in [0.3, 0.4) is 0 Å². The third-order valence-corrected chi connectivity index (χ3v) is 4.70. The van der Waals surface area contributed by atoms with Crippen LogP contribution in [0.25, 0.3) is 11.0 Å². The lowest BCUT2D eigenvalue weighted by Gasteiger charge is -2.26. The lowest BCUT2D eigenvalue weighted by Crippen LogP contribution is -2.31. The van der Waals surface area contributed by atoms with Crippen molar-refractivity contribution >= 4 is 16.9 Å². The van der Waals surface area contributed by atoms with Gasteiger partial charge in [-0.1, -0.05) is 6.07 Å². The zero-order valence-corrected chi connectivity index (χ0v) is 11.2. The molecule has 2 bridgehead atoms. The third kappa shape index (κ3) is 1.91. The van der Waals surface area contributed by atoms with E-state index in [0.717, 1.165) is 23.9 Å². The molecule has 4 nitrogen and oxygen atoms in total. The van der Waals surface area contributed by atoms with Crippen molar-refractivity contribution in [3.05, 3.63) is 35.6 Å². The molecule has 104 valence electrons. The molecule has 0 spiro atoms. The second-order valence-electron chi connectivity index (χ2n) is 6.05. The van der Waals surface area contributed by atoms with Gasteiger partial charge in [-0.05, 0) is 48.9 Å². The summed E-state index contributed by atoms with van der Waals surface area (Å²) in [6.45, 7) is 2.18. The Morgan fingerprint density at radius 2 is 2.25 bits per heavy atom. The monoisotopic (exact) mass is 271 g/mol. The number of hydrogen-bond acceptors (Lipinski definition) is 3. The number of hydrogen-bond donors (Lipinski definition) is 1. The highest BCUT2D eigenvalue weighted by Gasteiger charge is 2.37. The highest BCUT2D eigenvalue weighted by Crippen LogP contribution is 2.38. The van der Waals surface area contributed by atoms with Crippen molar-refractivity contribution < 1.29 is 14.3 Å². The van der Waals surface area contributed by atoms with Crippen molar-refractivity contribution in [2.45, 2.75) is 31.8 Å². The number of fused-ring (bicyclic) bond motifs is 3. The van der Waals surface area contributed by atoms with Crippen molar-refractivity contribution in [1.29, 1.82) is 0 Å². The number of benzene rings is 1. The van der Waals surface area contributed by atoms with Crippen molar-refractivity contribution in [2.24, 2.45) is 5.92 Å². The number of nitrogens with zero attached hydrogens (tertiary/aromatic N) is 1. The molecular formula is C16H17NO3. The molecule has 2 atom stereocenters. The van der Waals surface area contributed by atoms with E-state index in [4.69, 9.17) is 9.52 Å². The molecule has 2 aliphatic rings. The van der Waals surface area contributed by atoms with Gasteiger partial charge in [-0.15, -0.1) is 0 Å². The second-order valence-corrected chi connectivity index (χ2v) is 6.05. The van der Waals surface area contributed by atoms with E-state index >= 15 is 0 Å². The maximum Gasteiger partial charge on any atom is 0.371 e. The van der Waals surface area contributed by atoms with Gasteiger partial charge < -0.3 is 9.52 Å². The van der Waals surface area contributed by atoms with Crippen molar-refractivity contribution in [2.75, 3.05) is 6.54 Å². The van der Waals surface area contributed by atoms with E-state index in [1.165, 1.54) is 31.4 Å². The fourth-order valence-electron chi connectivity index (χ4n) is 3.75. The number of furan rings is 1. The van der Waals surface area contributed by atoms with Gasteiger partial charge in [0, 0.05) is 24.5 Å². The first-order chi connectivity index (χ1) is 9.69. The van der Waals surface area contributed by atoms with Gasteiger partial charge in [-0.25, -0.2) is 4.79 Å². The second kappa shape index (κ2) is 4.35. The SMILES string of the molecule is O=C(O)c1cc2cc(CN3CC4CCC3C4)ccc2o1. The topological polar surface area (TPSA) is 53.7 Å². The number of aromatic carboxylic acids is 1. The van der Waals surface area contributed by atoms with Crippen molar-refractivity contribution in [1.82, 2.24) is 4.90 Å². The first-order valence-corrected chi connectivity index (χ1v) is 7.19. The molecule has 4 heteroatoms. The van der Waals surface area contributed by atoms with E-state index in [2.05, 4.69) is 11.0 Å². The van der Waals surface area contributed by atoms with Gasteiger partial charge in [0.05, 0.1) is 0 Å². The molecule has 2 fully saturated rings. The summed E-state index contributed by atoms with van der Waals surface area (Å²) in [4.78, 5) is 13.5. The molecule has 1 aliphatic heterocycles. The fourth-order valence-corrected chi connectivity index (χ4v) is 3.75. The largest absolute Gasteiger partial charge is 0.475 e. The number of rotatable bonds is 3. The molecule has 4 rings (SSSR count). The molecule has 2 heterocycles. The Kier molecular flexibility index (Phi) is 2.60. The molecule has 1 aromatic heterocycles. The Morgan fingerprint density at radius 1 is 1.35 bits per heavy atom. The van der Waals surface area contributed by atoms with Crippen LogP contribution < -0.4 is 0 Å². The van der Waals surface area contributed by atoms with Gasteiger partial charge in [0.2, 0.25) is 5.76 Å². The van der Waals surface area contributed by atoms with Gasteiger partial charge in [0.1, 0.15) is 5.58 Å². The average molecular weight is 271 g/mol. The minimum atomic E-state index is -1.01. The molecule has 0 radical (unpaired) electrons. The molecular weight excluding hydrogens is 254 g/mol. The first-order valence-electron chi connectivity index (χ1n) is 7.19. The van der Waals surface area contributed by atoms with E-state index < -0.39 is 5.97 Å². The molecule has 1 aromatic carbocycles. The molecule has 2 aromatic rings. The third-order valence-electron chi connectivity index (χ3n) is 4.70. The highest BCUT2D eigenvalue weighted by molar-refractivity contribution is 5.91. The summed E-state index contributed by atoms with van der Waals surface area (Å²) in [5.74, 6) is -0.103. The quantitative estimate of drug-likeness (QED) is 0.932. The summed E-state index contributed by atoms with van der Waals surface area (Å²) in [5.41, 5.74) is 1.89. The average Bonchev–Trinajstić information content (AvgIpc) is 3.11. The standard InChI is InChI=1S/C16H17NO3/c18-16(19)15-7-12-5-10(2-4-14(12)20-15)8-17-9-11-1-3-13(17)6-11/h2,4-5,7,11,13H,1,3,6,8-9H2,(H,18,19). The van der Waals surface area contributed by atoms with Crippen molar-refractivity contribution in [3.8, 4) is 0 Å². The number of likely N-dealkylation sites (tertiary alicyclic amines) is 1. The predicted molar refractivity (Wildman–Crippen MR) is 74.7 cm³/mol. The van der Waals surface area contributed by atoms with Gasteiger partial charge >= 0.3 is 5.97 Å². The van der Waals surface area contributed by atoms with E-state index in [-0.39, 0.29) is 5.76 Å². The summed E-state index contributed by atoms with van der Waals surface area (Å²) in [6, 6.07) is 8.35. The van der Waals surface area contributed by atoms with Crippen LogP contribution in [0.1, 0.15) is 35.4 Å². The molecule has 1 aliphatic carbocycles. The van der Waals surface area contributed by atoms with Gasteiger partial charge in [-0.3, -0.25) is 4.90 Å². The van der Waals surface area contributed by atoms with Crippen LogP contribution in [0.4, 0.5) is 0 Å². The summed E-state index contributed by atoms with van der Waals surface area (Å²) in [6.07, 6.45) is 4.09. The Balaban J connectivity index is 1.59. The number of piperidine rings is 1.